The maximum atomic E-state index is 18.0. The fraction of sp³-hybridized carbons (Fsp3) is 0.574. The van der Waals surface area contributed by atoms with Crippen molar-refractivity contribution in [2.24, 2.45) is 16.7 Å². The number of aromatic nitrogens is 3. The van der Waals surface area contributed by atoms with Gasteiger partial charge in [-0.15, -0.1) is 5.54 Å². The highest BCUT2D eigenvalue weighted by Crippen LogP contribution is 2.49. The first-order valence-corrected chi connectivity index (χ1v) is 34.2. The quantitative estimate of drug-likeness (QED) is 0.0478. The van der Waals surface area contributed by atoms with Gasteiger partial charge in [0.1, 0.15) is 48.2 Å². The molecule has 1 spiro atoms. The molecule has 1 unspecified atom stereocenters. The Kier molecular flexibility index (Phi) is 18.5. The van der Waals surface area contributed by atoms with Gasteiger partial charge < -0.3 is 43.7 Å². The van der Waals surface area contributed by atoms with Crippen LogP contribution in [0, 0.1) is 39.8 Å². The van der Waals surface area contributed by atoms with Crippen LogP contribution in [0.25, 0.3) is 32.9 Å². The second kappa shape index (κ2) is 25.8. The lowest BCUT2D eigenvalue weighted by molar-refractivity contribution is -0.136. The molecule has 2 atom stereocenters. The van der Waals surface area contributed by atoms with E-state index in [4.69, 9.17) is 33.9 Å². The van der Waals surface area contributed by atoms with Crippen LogP contribution in [-0.2, 0) is 14.3 Å². The number of rotatable bonds is 18. The summed E-state index contributed by atoms with van der Waals surface area (Å²) in [5, 5.41) is 15.0. The highest BCUT2D eigenvalue weighted by Gasteiger charge is 2.48. The third-order valence-electron chi connectivity index (χ3n) is 20.4. The molecule has 4 aliphatic heterocycles. The molecular formula is C68H87F2N9O9Si. The largest absolute Gasteiger partial charge is 0.495 e. The number of carbonyl (C=O) groups is 4. The fourth-order valence-electron chi connectivity index (χ4n) is 15.2. The summed E-state index contributed by atoms with van der Waals surface area (Å²) in [6.45, 7) is 22.5. The summed E-state index contributed by atoms with van der Waals surface area (Å²) in [7, 11) is 0.671. The van der Waals surface area contributed by atoms with Crippen LogP contribution in [0.5, 0.6) is 17.5 Å². The Labute approximate surface area is 522 Å². The van der Waals surface area contributed by atoms with Gasteiger partial charge in [-0.3, -0.25) is 29.6 Å². The first-order valence-electron chi connectivity index (χ1n) is 32.0. The summed E-state index contributed by atoms with van der Waals surface area (Å²) in [5.74, 6) is 3.40. The lowest BCUT2D eigenvalue weighted by atomic mass is 9.64. The number of ether oxygens (including phenoxy) is 4. The SMILES string of the molecule is COCOc1cc(-c2ncc3c(N4CCC[C@@](C)(O)C4)nc(OCC4(CN5CCN(CC6CCC7(CCN(C(=O)c8ccc(OC)c(N9CCC(=O)NC9=O)c8)CC7)C(=O)C6)CC5)CC4)nc3c2F)c2c(C#C[Si](C(C)C)(C(C)C)C(C)C)c(F)ccc2c1. The number of piperidine rings is 2. The zero-order chi connectivity index (χ0) is 63.2. The molecule has 89 heavy (non-hydrogen) atoms. The second-order valence-corrected chi connectivity index (χ2v) is 32.9. The molecule has 6 heterocycles. The van der Waals surface area contributed by atoms with Crippen molar-refractivity contribution in [2.45, 2.75) is 135 Å². The molecule has 18 nitrogen and oxygen atoms in total. The molecular weight excluding hydrogens is 1150 g/mol. The number of aliphatic hydroxyl groups is 1. The van der Waals surface area contributed by atoms with E-state index in [1.54, 1.807) is 54.4 Å². The first kappa shape index (κ1) is 63.7. The van der Waals surface area contributed by atoms with Gasteiger partial charge in [-0.05, 0) is 123 Å². The van der Waals surface area contributed by atoms with Crippen molar-refractivity contribution in [3.63, 3.8) is 0 Å². The highest BCUT2D eigenvalue weighted by molar-refractivity contribution is 6.90. The number of ketones is 1. The minimum absolute atomic E-state index is 0.00619. The van der Waals surface area contributed by atoms with E-state index < -0.39 is 36.8 Å². The number of benzene rings is 3. The van der Waals surface area contributed by atoms with Crippen LogP contribution in [0.3, 0.4) is 0 Å². The average molecular weight is 1240 g/mol. The molecule has 4 saturated heterocycles. The molecule has 2 aliphatic carbocycles. The van der Waals surface area contributed by atoms with Crippen molar-refractivity contribution < 1.29 is 52.0 Å². The van der Waals surface area contributed by atoms with E-state index in [-0.39, 0.29) is 72.2 Å². The standard InChI is InChI=1S/C68H87F2N9O9Si/c1-43(2)89(44(3)4,45(5)6)32-17-50-53(69)13-11-47-34-49(88-42-85-8)36-51(58(47)50)60-59(70)61-52(37-71-60)62(78-24-10-18-66(7,84)39-78)74-64(73-61)87-41-67(20-21-67)40-76-30-28-75(29-31-76)38-46-15-19-68(56(80)33-46)22-26-77(27-23-68)63(82)48-12-14-55(86-9)54(35-48)79-25-16-57(81)72-65(79)83/h11-14,34-37,43-46,84H,10,15-16,18-31,33,38-42H2,1-9H3,(H,72,81,83)/t46?,66-/m1/s1. The molecule has 21 heteroatoms. The van der Waals surface area contributed by atoms with E-state index >= 15 is 8.78 Å². The number of nitrogens with one attached hydrogen (secondary N) is 1. The summed E-state index contributed by atoms with van der Waals surface area (Å²) in [4.78, 5) is 77.3. The van der Waals surface area contributed by atoms with Gasteiger partial charge in [-0.1, -0.05) is 53.5 Å². The van der Waals surface area contributed by atoms with Gasteiger partial charge in [-0.25, -0.2) is 13.6 Å². The summed E-state index contributed by atoms with van der Waals surface area (Å²) in [5.41, 5.74) is 4.25. The third kappa shape index (κ3) is 13.1. The molecule has 2 N–H and O–H groups in total. The van der Waals surface area contributed by atoms with Crippen LogP contribution in [0.4, 0.5) is 25.1 Å². The Morgan fingerprint density at radius 1 is 0.854 bits per heavy atom. The number of pyridine rings is 1. The molecule has 2 aromatic heterocycles. The number of Topliss-reactive ketones (excluding diaryl/α,β-unsaturated/α-hetero) is 1. The van der Waals surface area contributed by atoms with Crippen molar-refractivity contribution in [3.8, 4) is 40.2 Å². The summed E-state index contributed by atoms with van der Waals surface area (Å²) in [6, 6.07) is 11.0. The van der Waals surface area contributed by atoms with E-state index in [1.807, 2.05) is 4.90 Å². The van der Waals surface area contributed by atoms with Gasteiger partial charge in [0, 0.05) is 125 Å². The molecule has 11 rings (SSSR count). The van der Waals surface area contributed by atoms with Gasteiger partial charge in [-0.2, -0.15) is 9.97 Å². The summed E-state index contributed by atoms with van der Waals surface area (Å²) < 4.78 is 57.9. The first-order chi connectivity index (χ1) is 42.5. The minimum Gasteiger partial charge on any atom is -0.495 e. The second-order valence-electron chi connectivity index (χ2n) is 27.3. The van der Waals surface area contributed by atoms with E-state index in [1.165, 1.54) is 25.2 Å². The number of nitrogens with zero attached hydrogens (tertiary/aromatic N) is 8. The number of hydrogen-bond acceptors (Lipinski definition) is 15. The number of methoxy groups -OCH3 is 2. The van der Waals surface area contributed by atoms with Crippen molar-refractivity contribution in [3.05, 3.63) is 71.4 Å². The van der Waals surface area contributed by atoms with Gasteiger partial charge in [0.25, 0.3) is 5.91 Å². The van der Waals surface area contributed by atoms with Gasteiger partial charge >= 0.3 is 12.0 Å². The Morgan fingerprint density at radius 3 is 2.25 bits per heavy atom. The number of likely N-dealkylation sites (tertiary alicyclic amines) is 1. The minimum atomic E-state index is -2.34. The van der Waals surface area contributed by atoms with Crippen LogP contribution in [0.2, 0.25) is 16.6 Å². The number of amides is 4. The molecule has 4 amide bonds. The normalized spacial score (nSPS) is 21.7. The Morgan fingerprint density at radius 2 is 1.58 bits per heavy atom. The number of imide groups is 1. The number of β-amino-alcohol motifs (C(OH)–C–C–N with tert-alkyl or cyclic N) is 1. The molecule has 6 aliphatic rings. The fourth-order valence-corrected chi connectivity index (χ4v) is 20.4. The van der Waals surface area contributed by atoms with Crippen LogP contribution in [-0.4, -0.2) is 172 Å². The predicted octanol–water partition coefficient (Wildman–Crippen LogP) is 10.5. The van der Waals surface area contributed by atoms with Gasteiger partial charge in [0.15, 0.2) is 12.6 Å². The van der Waals surface area contributed by atoms with Crippen molar-refractivity contribution in [2.75, 3.05) is 109 Å². The third-order valence-corrected chi connectivity index (χ3v) is 26.7. The molecule has 5 aromatic rings. The number of hydrogen-bond donors (Lipinski definition) is 2. The van der Waals surface area contributed by atoms with Gasteiger partial charge in [0.05, 0.1) is 36.0 Å². The number of urea groups is 1. The molecule has 2 saturated carbocycles. The Hall–Kier alpha value is -6.83. The number of fused-ring (bicyclic) bond motifs is 2. The topological polar surface area (TPSA) is 192 Å². The smallest absolute Gasteiger partial charge is 0.328 e. The van der Waals surface area contributed by atoms with Gasteiger partial charge in [0.2, 0.25) is 5.91 Å². The number of carbonyl (C=O) groups excluding carboxylic acids is 4. The highest BCUT2D eigenvalue weighted by atomic mass is 28.3. The predicted molar refractivity (Wildman–Crippen MR) is 341 cm³/mol. The number of piperazine rings is 1. The Bertz CT molecular complexity index is 3570. The monoisotopic (exact) mass is 1240 g/mol. The van der Waals surface area contributed by atoms with Crippen LogP contribution >= 0.6 is 0 Å². The van der Waals surface area contributed by atoms with Crippen molar-refractivity contribution >= 4 is 64.9 Å². The van der Waals surface area contributed by atoms with Crippen molar-refractivity contribution in [1.29, 1.82) is 0 Å². The van der Waals surface area contributed by atoms with Crippen LogP contribution < -0.4 is 29.3 Å². The van der Waals surface area contributed by atoms with E-state index in [2.05, 4.69) is 68.1 Å². The molecule has 0 bridgehead atoms. The van der Waals surface area contributed by atoms with Crippen molar-refractivity contribution in [1.82, 2.24) is 35.0 Å². The van der Waals surface area contributed by atoms with E-state index in [9.17, 15) is 24.3 Å². The number of anilines is 2. The lowest BCUT2D eigenvalue weighted by Gasteiger charge is -2.45. The van der Waals surface area contributed by atoms with Crippen LogP contribution in [0.1, 0.15) is 129 Å². The maximum Gasteiger partial charge on any atom is 0.328 e. The molecule has 6 fully saturated rings. The maximum absolute atomic E-state index is 18.0. The average Bonchev–Trinajstić information content (AvgIpc) is 1.42. The summed E-state index contributed by atoms with van der Waals surface area (Å²) >= 11 is 0. The molecule has 0 radical (unpaired) electrons. The van der Waals surface area contributed by atoms with E-state index in [0.29, 0.717) is 131 Å². The van der Waals surface area contributed by atoms with E-state index in [0.717, 1.165) is 65.0 Å². The Balaban J connectivity index is 0.757. The zero-order valence-electron chi connectivity index (χ0n) is 53.2. The summed E-state index contributed by atoms with van der Waals surface area (Å²) in [6.07, 6.45) is 8.48. The number of halogens is 2. The molecule has 476 valence electrons. The molecule has 3 aromatic carbocycles. The lowest BCUT2D eigenvalue weighted by Crippen LogP contribution is -2.52. The van der Waals surface area contributed by atoms with Crippen LogP contribution in [0.15, 0.2) is 48.7 Å². The zero-order valence-corrected chi connectivity index (χ0v) is 54.2.